The maximum Gasteiger partial charge on any atom is 0.322 e. The molecular weight excluding hydrogens is 224 g/mol. The molecule has 0 unspecified atom stereocenters. The molecule has 0 aromatic carbocycles. The maximum atomic E-state index is 11.9. The van der Waals surface area contributed by atoms with Crippen LogP contribution in [-0.4, -0.2) is 35.2 Å². The minimum atomic E-state index is -0.0987. The van der Waals surface area contributed by atoms with E-state index in [-0.39, 0.29) is 18.7 Å². The van der Waals surface area contributed by atoms with Crippen LogP contribution in [0.15, 0.2) is 12.1 Å². The highest BCUT2D eigenvalue weighted by Gasteiger charge is 2.28. The number of aryl methyl sites for hydroxylation is 1. The van der Waals surface area contributed by atoms with E-state index in [4.69, 9.17) is 5.11 Å². The molecule has 1 saturated heterocycles. The second-order valence-electron chi connectivity index (χ2n) is 4.01. The molecule has 1 fully saturated rings. The molecule has 16 heavy (non-hydrogen) atoms. The number of aliphatic hydroxyl groups is 1. The maximum absolute atomic E-state index is 11.9. The molecule has 0 radical (unpaired) electrons. The van der Waals surface area contributed by atoms with Crippen LogP contribution in [-0.2, 0) is 0 Å². The summed E-state index contributed by atoms with van der Waals surface area (Å²) < 4.78 is 0. The number of anilines is 1. The number of hydrogen-bond acceptors (Lipinski definition) is 3. The first-order valence-corrected chi connectivity index (χ1v) is 6.27. The summed E-state index contributed by atoms with van der Waals surface area (Å²) in [6, 6.07) is 3.77. The molecule has 1 aromatic heterocycles. The Labute approximate surface area is 98.9 Å². The van der Waals surface area contributed by atoms with Gasteiger partial charge in [0.05, 0.1) is 17.6 Å². The molecule has 1 aliphatic heterocycles. The summed E-state index contributed by atoms with van der Waals surface area (Å²) in [5.41, 5.74) is 0. The van der Waals surface area contributed by atoms with Crippen molar-refractivity contribution in [3.63, 3.8) is 0 Å². The van der Waals surface area contributed by atoms with Crippen molar-refractivity contribution in [1.82, 2.24) is 4.90 Å². The average Bonchev–Trinajstić information content (AvgIpc) is 2.86. The van der Waals surface area contributed by atoms with E-state index in [1.807, 2.05) is 19.1 Å². The lowest BCUT2D eigenvalue weighted by atomic mass is 10.2. The van der Waals surface area contributed by atoms with Crippen molar-refractivity contribution in [2.45, 2.75) is 25.8 Å². The van der Waals surface area contributed by atoms with Crippen molar-refractivity contribution in [2.75, 3.05) is 18.5 Å². The van der Waals surface area contributed by atoms with Crippen LogP contribution in [0.2, 0.25) is 0 Å². The molecular formula is C11H16N2O2S. The van der Waals surface area contributed by atoms with Crippen molar-refractivity contribution < 1.29 is 9.90 Å². The lowest BCUT2D eigenvalue weighted by Crippen LogP contribution is -2.40. The van der Waals surface area contributed by atoms with Gasteiger partial charge in [-0.15, -0.1) is 11.3 Å². The first-order chi connectivity index (χ1) is 7.70. The zero-order valence-corrected chi connectivity index (χ0v) is 10.1. The minimum absolute atomic E-state index is 0.0129. The van der Waals surface area contributed by atoms with Crippen LogP contribution in [0.1, 0.15) is 17.7 Å². The van der Waals surface area contributed by atoms with Crippen LogP contribution in [0.5, 0.6) is 0 Å². The van der Waals surface area contributed by atoms with Crippen LogP contribution >= 0.6 is 11.3 Å². The first kappa shape index (κ1) is 11.4. The topological polar surface area (TPSA) is 52.6 Å². The third kappa shape index (κ3) is 2.36. The number of amides is 2. The Morgan fingerprint density at radius 2 is 2.50 bits per heavy atom. The first-order valence-electron chi connectivity index (χ1n) is 5.45. The van der Waals surface area contributed by atoms with E-state index in [1.54, 1.807) is 16.2 Å². The number of hydrogen-bond donors (Lipinski definition) is 2. The van der Waals surface area contributed by atoms with Crippen LogP contribution in [0, 0.1) is 6.92 Å². The molecule has 0 spiro atoms. The van der Waals surface area contributed by atoms with Gasteiger partial charge in [0.2, 0.25) is 0 Å². The van der Waals surface area contributed by atoms with E-state index in [0.29, 0.717) is 0 Å². The monoisotopic (exact) mass is 240 g/mol. The van der Waals surface area contributed by atoms with Gasteiger partial charge < -0.3 is 10.0 Å². The molecule has 2 rings (SSSR count). The number of aliphatic hydroxyl groups excluding tert-OH is 1. The normalized spacial score (nSPS) is 20.1. The quantitative estimate of drug-likeness (QED) is 0.831. The molecule has 2 heterocycles. The molecule has 4 nitrogen and oxygen atoms in total. The van der Waals surface area contributed by atoms with E-state index in [2.05, 4.69) is 5.32 Å². The van der Waals surface area contributed by atoms with Crippen molar-refractivity contribution in [2.24, 2.45) is 0 Å². The molecule has 1 atom stereocenters. The highest BCUT2D eigenvalue weighted by atomic mass is 32.1. The lowest BCUT2D eigenvalue weighted by Gasteiger charge is -2.22. The fourth-order valence-electron chi connectivity index (χ4n) is 1.97. The van der Waals surface area contributed by atoms with Gasteiger partial charge >= 0.3 is 6.03 Å². The molecule has 0 bridgehead atoms. The highest BCUT2D eigenvalue weighted by molar-refractivity contribution is 7.16. The molecule has 5 heteroatoms. The second-order valence-corrected chi connectivity index (χ2v) is 5.30. The van der Waals surface area contributed by atoms with E-state index in [1.165, 1.54) is 4.88 Å². The number of nitrogens with one attached hydrogen (secondary N) is 1. The van der Waals surface area contributed by atoms with Gasteiger partial charge in [-0.2, -0.15) is 0 Å². The third-order valence-electron chi connectivity index (χ3n) is 2.82. The van der Waals surface area contributed by atoms with E-state index < -0.39 is 0 Å². The Morgan fingerprint density at radius 1 is 1.69 bits per heavy atom. The van der Waals surface area contributed by atoms with Gasteiger partial charge in [0, 0.05) is 11.4 Å². The van der Waals surface area contributed by atoms with Crippen LogP contribution in [0.4, 0.5) is 9.80 Å². The zero-order chi connectivity index (χ0) is 11.5. The van der Waals surface area contributed by atoms with Gasteiger partial charge in [0.25, 0.3) is 0 Å². The summed E-state index contributed by atoms with van der Waals surface area (Å²) in [4.78, 5) is 14.8. The Bertz CT molecular complexity index is 378. The summed E-state index contributed by atoms with van der Waals surface area (Å²) >= 11 is 1.56. The molecule has 1 aromatic rings. The van der Waals surface area contributed by atoms with Crippen LogP contribution < -0.4 is 5.32 Å². The fraction of sp³-hybridized carbons (Fsp3) is 0.545. The number of thiophene rings is 1. The summed E-state index contributed by atoms with van der Waals surface area (Å²) in [5, 5.41) is 12.9. The van der Waals surface area contributed by atoms with Crippen LogP contribution in [0.25, 0.3) is 0 Å². The summed E-state index contributed by atoms with van der Waals surface area (Å²) in [6.45, 7) is 2.80. The number of likely N-dealkylation sites (tertiary alicyclic amines) is 1. The van der Waals surface area contributed by atoms with Crippen LogP contribution in [0.3, 0.4) is 0 Å². The number of urea groups is 1. The summed E-state index contributed by atoms with van der Waals surface area (Å²) in [7, 11) is 0. The number of carbonyl (C=O) groups is 1. The van der Waals surface area contributed by atoms with Crippen molar-refractivity contribution >= 4 is 22.4 Å². The molecule has 1 aliphatic rings. The summed E-state index contributed by atoms with van der Waals surface area (Å²) in [5.74, 6) is 0. The fourth-order valence-corrected chi connectivity index (χ4v) is 2.73. The van der Waals surface area contributed by atoms with Crippen molar-refractivity contribution in [1.29, 1.82) is 0 Å². The van der Waals surface area contributed by atoms with E-state index in [9.17, 15) is 4.79 Å². The largest absolute Gasteiger partial charge is 0.394 e. The van der Waals surface area contributed by atoms with Crippen molar-refractivity contribution in [3.05, 3.63) is 17.0 Å². The zero-order valence-electron chi connectivity index (χ0n) is 9.27. The Hall–Kier alpha value is -1.07. The van der Waals surface area contributed by atoms with E-state index in [0.717, 1.165) is 24.4 Å². The van der Waals surface area contributed by atoms with Gasteiger partial charge in [-0.25, -0.2) is 4.79 Å². The molecule has 0 saturated carbocycles. The van der Waals surface area contributed by atoms with Gasteiger partial charge in [0.1, 0.15) is 0 Å². The standard InChI is InChI=1S/C11H16N2O2S/c1-8-4-5-10(16-8)12-11(15)13-6-2-3-9(13)7-14/h4-5,9,14H,2-3,6-7H2,1H3,(H,12,15)/t9-/m1/s1. The average molecular weight is 240 g/mol. The number of nitrogens with zero attached hydrogens (tertiary/aromatic N) is 1. The predicted molar refractivity (Wildman–Crippen MR) is 64.9 cm³/mol. The molecule has 0 aliphatic carbocycles. The highest BCUT2D eigenvalue weighted by Crippen LogP contribution is 2.23. The Kier molecular flexibility index (Phi) is 3.46. The molecule has 88 valence electrons. The minimum Gasteiger partial charge on any atom is -0.394 e. The second kappa shape index (κ2) is 4.84. The Balaban J connectivity index is 1.97. The molecule has 2 amide bonds. The van der Waals surface area contributed by atoms with Gasteiger partial charge in [0.15, 0.2) is 0 Å². The van der Waals surface area contributed by atoms with Gasteiger partial charge in [-0.05, 0) is 31.9 Å². The Morgan fingerprint density at radius 3 is 3.12 bits per heavy atom. The van der Waals surface area contributed by atoms with E-state index >= 15 is 0 Å². The van der Waals surface area contributed by atoms with Gasteiger partial charge in [-0.3, -0.25) is 5.32 Å². The number of rotatable bonds is 2. The lowest BCUT2D eigenvalue weighted by molar-refractivity contribution is 0.166. The summed E-state index contributed by atoms with van der Waals surface area (Å²) in [6.07, 6.45) is 1.87. The SMILES string of the molecule is Cc1ccc(NC(=O)N2CCC[C@@H]2CO)s1. The third-order valence-corrected chi connectivity index (χ3v) is 3.74. The van der Waals surface area contributed by atoms with Gasteiger partial charge in [-0.1, -0.05) is 0 Å². The van der Waals surface area contributed by atoms with Crippen molar-refractivity contribution in [3.8, 4) is 0 Å². The number of carbonyl (C=O) groups excluding carboxylic acids is 1. The molecule has 2 N–H and O–H groups in total. The predicted octanol–water partition coefficient (Wildman–Crippen LogP) is 2.05. The smallest absolute Gasteiger partial charge is 0.322 e.